The van der Waals surface area contributed by atoms with E-state index in [2.05, 4.69) is 54.8 Å². The molecular formula is C21H25N7O. The summed E-state index contributed by atoms with van der Waals surface area (Å²) in [5, 5.41) is 14.5. The van der Waals surface area contributed by atoms with Crippen molar-refractivity contribution in [2.75, 3.05) is 55.9 Å². The molecule has 4 rings (SSSR count). The topological polar surface area (TPSA) is 78.4 Å². The van der Waals surface area contributed by atoms with Gasteiger partial charge in [-0.05, 0) is 43.4 Å². The van der Waals surface area contributed by atoms with Crippen LogP contribution in [0.4, 0.5) is 28.8 Å². The van der Waals surface area contributed by atoms with E-state index in [1.807, 2.05) is 36.4 Å². The Balaban J connectivity index is 1.41. The number of hydrogen-bond donors (Lipinski definition) is 2. The van der Waals surface area contributed by atoms with Gasteiger partial charge in [0.2, 0.25) is 5.95 Å². The lowest BCUT2D eigenvalue weighted by Gasteiger charge is -2.34. The normalized spacial score (nSPS) is 14.5. The average molecular weight is 391 g/mol. The van der Waals surface area contributed by atoms with Gasteiger partial charge >= 0.3 is 0 Å². The van der Waals surface area contributed by atoms with E-state index >= 15 is 0 Å². The Hall–Kier alpha value is -3.39. The summed E-state index contributed by atoms with van der Waals surface area (Å²) >= 11 is 0. The summed E-state index contributed by atoms with van der Waals surface area (Å²) in [6.45, 7) is 4.28. The van der Waals surface area contributed by atoms with Crippen molar-refractivity contribution in [2.45, 2.75) is 0 Å². The predicted octanol–water partition coefficient (Wildman–Crippen LogP) is 3.12. The first kappa shape index (κ1) is 18.9. The Kier molecular flexibility index (Phi) is 5.71. The molecule has 1 aliphatic rings. The Morgan fingerprint density at radius 2 is 1.72 bits per heavy atom. The molecule has 0 unspecified atom stereocenters. The number of nitrogens with one attached hydrogen (secondary N) is 2. The molecule has 1 fully saturated rings. The number of nitrogens with zero attached hydrogens (tertiary/aromatic N) is 5. The van der Waals surface area contributed by atoms with E-state index in [1.54, 1.807) is 13.3 Å². The smallest absolute Gasteiger partial charge is 0.249 e. The second-order valence-corrected chi connectivity index (χ2v) is 6.98. The fraction of sp³-hybridized carbons (Fsp3) is 0.286. The molecule has 1 saturated heterocycles. The van der Waals surface area contributed by atoms with Gasteiger partial charge in [0, 0.05) is 49.3 Å². The number of ether oxygens (including phenoxy) is 1. The predicted molar refractivity (Wildman–Crippen MR) is 116 cm³/mol. The van der Waals surface area contributed by atoms with Gasteiger partial charge in [-0.1, -0.05) is 6.07 Å². The number of hydrogen-bond acceptors (Lipinski definition) is 8. The van der Waals surface area contributed by atoms with Crippen LogP contribution in [0.1, 0.15) is 0 Å². The maximum Gasteiger partial charge on any atom is 0.249 e. The van der Waals surface area contributed by atoms with E-state index in [0.717, 1.165) is 43.3 Å². The Morgan fingerprint density at radius 1 is 0.931 bits per heavy atom. The highest BCUT2D eigenvalue weighted by molar-refractivity contribution is 5.62. The molecule has 1 aliphatic heterocycles. The molecule has 0 amide bonds. The molecule has 0 aliphatic carbocycles. The monoisotopic (exact) mass is 391 g/mol. The molecule has 0 bridgehead atoms. The minimum absolute atomic E-state index is 0.435. The second-order valence-electron chi connectivity index (χ2n) is 6.98. The zero-order valence-electron chi connectivity index (χ0n) is 16.7. The third-order valence-electron chi connectivity index (χ3n) is 4.89. The van der Waals surface area contributed by atoms with Crippen molar-refractivity contribution in [3.05, 3.63) is 54.7 Å². The molecule has 8 heteroatoms. The minimum atomic E-state index is 0.435. The fourth-order valence-corrected chi connectivity index (χ4v) is 3.21. The summed E-state index contributed by atoms with van der Waals surface area (Å²) in [7, 11) is 3.80. The molecule has 3 aromatic rings. The summed E-state index contributed by atoms with van der Waals surface area (Å²) < 4.78 is 5.25. The van der Waals surface area contributed by atoms with E-state index in [4.69, 9.17) is 4.74 Å². The van der Waals surface area contributed by atoms with Crippen molar-refractivity contribution < 1.29 is 4.74 Å². The van der Waals surface area contributed by atoms with Crippen LogP contribution in [-0.4, -0.2) is 60.4 Å². The molecule has 0 spiro atoms. The Labute approximate surface area is 170 Å². The molecule has 2 N–H and O–H groups in total. The summed E-state index contributed by atoms with van der Waals surface area (Å²) in [5.41, 5.74) is 3.02. The Bertz CT molecular complexity index is 940. The summed E-state index contributed by atoms with van der Waals surface area (Å²) in [4.78, 5) is 9.24. The van der Waals surface area contributed by atoms with Crippen molar-refractivity contribution in [1.82, 2.24) is 20.1 Å². The van der Waals surface area contributed by atoms with Crippen LogP contribution >= 0.6 is 0 Å². The Morgan fingerprint density at radius 3 is 2.48 bits per heavy atom. The molecule has 1 aromatic heterocycles. The van der Waals surface area contributed by atoms with Crippen LogP contribution in [0.25, 0.3) is 0 Å². The molecule has 8 nitrogen and oxygen atoms in total. The van der Waals surface area contributed by atoms with Crippen molar-refractivity contribution in [2.24, 2.45) is 0 Å². The van der Waals surface area contributed by atoms with Crippen LogP contribution in [0.3, 0.4) is 0 Å². The lowest BCUT2D eigenvalue weighted by Crippen LogP contribution is -2.44. The largest absolute Gasteiger partial charge is 0.497 e. The van der Waals surface area contributed by atoms with Gasteiger partial charge in [-0.3, -0.25) is 0 Å². The lowest BCUT2D eigenvalue weighted by molar-refractivity contribution is 0.313. The summed E-state index contributed by atoms with van der Waals surface area (Å²) in [5.74, 6) is 1.81. The highest BCUT2D eigenvalue weighted by atomic mass is 16.5. The van der Waals surface area contributed by atoms with Crippen LogP contribution < -0.4 is 20.3 Å². The van der Waals surface area contributed by atoms with Crippen molar-refractivity contribution in [1.29, 1.82) is 0 Å². The van der Waals surface area contributed by atoms with Crippen LogP contribution in [0, 0.1) is 0 Å². The first-order chi connectivity index (χ1) is 14.2. The molecule has 2 aromatic carbocycles. The third kappa shape index (κ3) is 4.91. The van der Waals surface area contributed by atoms with Gasteiger partial charge in [0.15, 0.2) is 5.82 Å². The van der Waals surface area contributed by atoms with Gasteiger partial charge in [0.05, 0.1) is 13.3 Å². The van der Waals surface area contributed by atoms with Gasteiger partial charge in [0.25, 0.3) is 0 Å². The highest BCUT2D eigenvalue weighted by Crippen LogP contribution is 2.22. The quantitative estimate of drug-likeness (QED) is 0.664. The molecule has 0 radical (unpaired) electrons. The summed E-state index contributed by atoms with van der Waals surface area (Å²) in [6, 6.07) is 16.0. The average Bonchev–Trinajstić information content (AvgIpc) is 2.75. The molecular weight excluding hydrogens is 366 g/mol. The van der Waals surface area contributed by atoms with Gasteiger partial charge in [-0.15, -0.1) is 5.10 Å². The van der Waals surface area contributed by atoms with Crippen LogP contribution in [0.15, 0.2) is 54.7 Å². The highest BCUT2D eigenvalue weighted by Gasteiger charge is 2.14. The van der Waals surface area contributed by atoms with E-state index in [0.29, 0.717) is 11.8 Å². The molecule has 0 atom stereocenters. The zero-order chi connectivity index (χ0) is 20.1. The van der Waals surface area contributed by atoms with Crippen LogP contribution in [-0.2, 0) is 0 Å². The van der Waals surface area contributed by atoms with Crippen LogP contribution in [0.5, 0.6) is 5.75 Å². The van der Waals surface area contributed by atoms with Crippen molar-refractivity contribution in [3.63, 3.8) is 0 Å². The number of piperazine rings is 1. The fourth-order valence-electron chi connectivity index (χ4n) is 3.21. The van der Waals surface area contributed by atoms with Crippen molar-refractivity contribution in [3.8, 4) is 5.75 Å². The molecule has 29 heavy (non-hydrogen) atoms. The standard InChI is InChI=1S/C21H25N7O/c1-27-10-12-28(13-11-27)18-8-6-16(7-9-18)24-21-25-20(15-22-26-21)23-17-4-3-5-19(14-17)29-2/h3-9,14-15H,10-13H2,1-2H3,(H2,23,24,25,26). The molecule has 150 valence electrons. The number of benzene rings is 2. The third-order valence-corrected chi connectivity index (χ3v) is 4.89. The summed E-state index contributed by atoms with van der Waals surface area (Å²) in [6.07, 6.45) is 1.58. The minimum Gasteiger partial charge on any atom is -0.497 e. The first-order valence-electron chi connectivity index (χ1n) is 9.61. The van der Waals surface area contributed by atoms with E-state index in [-0.39, 0.29) is 0 Å². The van der Waals surface area contributed by atoms with Crippen LogP contribution in [0.2, 0.25) is 0 Å². The van der Waals surface area contributed by atoms with Gasteiger partial charge in [-0.2, -0.15) is 10.1 Å². The van der Waals surface area contributed by atoms with Crippen molar-refractivity contribution >= 4 is 28.8 Å². The number of anilines is 5. The van der Waals surface area contributed by atoms with Gasteiger partial charge < -0.3 is 25.2 Å². The molecule has 2 heterocycles. The number of methoxy groups -OCH3 is 1. The number of rotatable bonds is 6. The number of aromatic nitrogens is 3. The second kappa shape index (κ2) is 8.74. The van der Waals surface area contributed by atoms with Gasteiger partial charge in [-0.25, -0.2) is 0 Å². The maximum absolute atomic E-state index is 5.25. The SMILES string of the molecule is COc1cccc(Nc2cnnc(Nc3ccc(N4CCN(C)CC4)cc3)n2)c1. The first-order valence-corrected chi connectivity index (χ1v) is 9.61. The van der Waals surface area contributed by atoms with E-state index < -0.39 is 0 Å². The maximum atomic E-state index is 5.25. The van der Waals surface area contributed by atoms with E-state index in [1.165, 1.54) is 5.69 Å². The molecule has 0 saturated carbocycles. The zero-order valence-corrected chi connectivity index (χ0v) is 16.7. The van der Waals surface area contributed by atoms with E-state index in [9.17, 15) is 0 Å². The van der Waals surface area contributed by atoms with Gasteiger partial charge in [0.1, 0.15) is 5.75 Å². The number of likely N-dealkylation sites (N-methyl/N-ethyl adjacent to an activating group) is 1. The lowest BCUT2D eigenvalue weighted by atomic mass is 10.2.